The largest absolute Gasteiger partial charge is 0.384 e. The van der Waals surface area contributed by atoms with Gasteiger partial charge in [-0.2, -0.15) is 8.78 Å². The molecule has 1 aromatic heterocycles. The number of anilines is 1. The van der Waals surface area contributed by atoms with Crippen LogP contribution in [0.5, 0.6) is 0 Å². The zero-order valence-corrected chi connectivity index (χ0v) is 9.62. The molecule has 0 aliphatic carbocycles. The number of nitrogens with two attached hydrogens (primary N) is 1. The van der Waals surface area contributed by atoms with Gasteiger partial charge in [0.05, 0.1) is 5.69 Å². The highest BCUT2D eigenvalue weighted by atomic mass is 32.2. The van der Waals surface area contributed by atoms with Crippen molar-refractivity contribution in [3.63, 3.8) is 0 Å². The molecule has 2 N–H and O–H groups in total. The van der Waals surface area contributed by atoms with Gasteiger partial charge in [0.1, 0.15) is 5.82 Å². The number of hydrogen-bond acceptors (Lipinski definition) is 3. The Labute approximate surface area is 102 Å². The molecule has 2 aromatic rings. The zero-order chi connectivity index (χ0) is 12.3. The van der Waals surface area contributed by atoms with Gasteiger partial charge in [-0.15, -0.1) is 0 Å². The van der Waals surface area contributed by atoms with Gasteiger partial charge >= 0.3 is 0 Å². The maximum atomic E-state index is 12.1. The highest BCUT2D eigenvalue weighted by Crippen LogP contribution is 2.27. The molecule has 0 atom stereocenters. The molecule has 0 aliphatic heterocycles. The van der Waals surface area contributed by atoms with Crippen molar-refractivity contribution < 1.29 is 8.78 Å². The first-order valence-electron chi connectivity index (χ1n) is 4.93. The number of pyridine rings is 1. The third-order valence-corrected chi connectivity index (χ3v) is 2.87. The number of alkyl halides is 2. The van der Waals surface area contributed by atoms with Crippen molar-refractivity contribution in [2.45, 2.75) is 10.7 Å². The molecule has 0 unspecified atom stereocenters. The highest BCUT2D eigenvalue weighted by Gasteiger charge is 2.05. The van der Waals surface area contributed by atoms with E-state index in [9.17, 15) is 8.78 Å². The summed E-state index contributed by atoms with van der Waals surface area (Å²) in [6.07, 6.45) is 0. The minimum absolute atomic E-state index is 0.438. The Kier molecular flexibility index (Phi) is 3.58. The minimum atomic E-state index is -2.40. The summed E-state index contributed by atoms with van der Waals surface area (Å²) in [5.41, 5.74) is 7.17. The minimum Gasteiger partial charge on any atom is -0.384 e. The molecule has 1 heterocycles. The normalized spacial score (nSPS) is 10.8. The molecule has 0 fully saturated rings. The Morgan fingerprint density at radius 3 is 2.35 bits per heavy atom. The molecule has 0 spiro atoms. The Morgan fingerprint density at radius 1 is 1.06 bits per heavy atom. The number of hydrogen-bond donors (Lipinski definition) is 1. The second-order valence-corrected chi connectivity index (χ2v) is 4.41. The average Bonchev–Trinajstić information content (AvgIpc) is 2.29. The Balaban J connectivity index is 2.23. The number of nitrogen functional groups attached to an aromatic ring is 1. The molecule has 2 nitrogen and oxygen atoms in total. The molecule has 2 rings (SSSR count). The van der Waals surface area contributed by atoms with Crippen LogP contribution >= 0.6 is 11.8 Å². The number of halogens is 2. The van der Waals surface area contributed by atoms with Gasteiger partial charge in [0.2, 0.25) is 0 Å². The first-order chi connectivity index (χ1) is 8.15. The third-order valence-electron chi connectivity index (χ3n) is 2.15. The lowest BCUT2D eigenvalue weighted by Crippen LogP contribution is -1.91. The van der Waals surface area contributed by atoms with E-state index in [4.69, 9.17) is 5.73 Å². The molecule has 0 aliphatic rings. The predicted octanol–water partition coefficient (Wildman–Crippen LogP) is 3.65. The molecule has 0 saturated carbocycles. The van der Waals surface area contributed by atoms with Crippen molar-refractivity contribution in [2.75, 3.05) is 5.73 Å². The van der Waals surface area contributed by atoms with Crippen LogP contribution in [0.2, 0.25) is 0 Å². The van der Waals surface area contributed by atoms with Crippen LogP contribution < -0.4 is 5.73 Å². The number of rotatable bonds is 3. The van der Waals surface area contributed by atoms with Crippen molar-refractivity contribution >= 4 is 17.6 Å². The van der Waals surface area contributed by atoms with Gasteiger partial charge in [0.25, 0.3) is 5.76 Å². The fourth-order valence-electron chi connectivity index (χ4n) is 1.42. The van der Waals surface area contributed by atoms with E-state index < -0.39 is 5.76 Å². The Morgan fingerprint density at radius 2 is 1.76 bits per heavy atom. The van der Waals surface area contributed by atoms with Crippen LogP contribution in [-0.4, -0.2) is 10.7 Å². The van der Waals surface area contributed by atoms with E-state index in [0.29, 0.717) is 22.5 Å². The van der Waals surface area contributed by atoms with Gasteiger partial charge in [-0.25, -0.2) is 4.98 Å². The summed E-state index contributed by atoms with van der Waals surface area (Å²) in [4.78, 5) is 4.69. The van der Waals surface area contributed by atoms with Gasteiger partial charge in [-0.1, -0.05) is 30.0 Å². The molecule has 17 heavy (non-hydrogen) atoms. The van der Waals surface area contributed by atoms with E-state index in [1.807, 2.05) is 6.07 Å². The van der Waals surface area contributed by atoms with Crippen LogP contribution in [-0.2, 0) is 0 Å². The molecular formula is C12H10F2N2S. The molecule has 0 saturated heterocycles. The van der Waals surface area contributed by atoms with Crippen LogP contribution in [0.3, 0.4) is 0 Å². The standard InChI is InChI=1S/C12H10F2N2S/c13-12(14)17-9-6-4-8(5-7-9)10-2-1-3-11(15)16-10/h1-7,12H,(H2,15,16). The first-order valence-corrected chi connectivity index (χ1v) is 5.81. The van der Waals surface area contributed by atoms with E-state index >= 15 is 0 Å². The number of aromatic nitrogens is 1. The Hall–Kier alpha value is -1.62. The summed E-state index contributed by atoms with van der Waals surface area (Å²) in [6.45, 7) is 0. The second kappa shape index (κ2) is 5.14. The topological polar surface area (TPSA) is 38.9 Å². The molecule has 0 bridgehead atoms. The van der Waals surface area contributed by atoms with Gasteiger partial charge < -0.3 is 5.73 Å². The van der Waals surface area contributed by atoms with Gasteiger partial charge in [-0.05, 0) is 24.3 Å². The van der Waals surface area contributed by atoms with E-state index in [1.165, 1.54) is 0 Å². The predicted molar refractivity (Wildman–Crippen MR) is 65.9 cm³/mol. The van der Waals surface area contributed by atoms with E-state index in [2.05, 4.69) is 4.98 Å². The summed E-state index contributed by atoms with van der Waals surface area (Å²) in [7, 11) is 0. The second-order valence-electron chi connectivity index (χ2n) is 3.35. The monoisotopic (exact) mass is 252 g/mol. The van der Waals surface area contributed by atoms with E-state index in [-0.39, 0.29) is 0 Å². The number of nitrogens with zero attached hydrogens (tertiary/aromatic N) is 1. The van der Waals surface area contributed by atoms with Crippen molar-refractivity contribution in [3.05, 3.63) is 42.5 Å². The van der Waals surface area contributed by atoms with Crippen LogP contribution in [0.1, 0.15) is 0 Å². The molecule has 0 amide bonds. The number of thioether (sulfide) groups is 1. The fraction of sp³-hybridized carbons (Fsp3) is 0.0833. The van der Waals surface area contributed by atoms with Crippen molar-refractivity contribution in [1.29, 1.82) is 0 Å². The lowest BCUT2D eigenvalue weighted by Gasteiger charge is -2.04. The SMILES string of the molecule is Nc1cccc(-c2ccc(SC(F)F)cc2)n1. The average molecular weight is 252 g/mol. The quantitative estimate of drug-likeness (QED) is 0.847. The Bertz CT molecular complexity index is 500. The maximum absolute atomic E-state index is 12.1. The van der Waals surface area contributed by atoms with Crippen LogP contribution in [0.25, 0.3) is 11.3 Å². The lowest BCUT2D eigenvalue weighted by atomic mass is 10.1. The number of benzene rings is 1. The first kappa shape index (κ1) is 11.9. The molecule has 5 heteroatoms. The van der Waals surface area contributed by atoms with Crippen LogP contribution in [0.4, 0.5) is 14.6 Å². The summed E-state index contributed by atoms with van der Waals surface area (Å²) in [5, 5.41) is 0. The molecule has 88 valence electrons. The van der Waals surface area contributed by atoms with Gasteiger partial charge in [-0.3, -0.25) is 0 Å². The van der Waals surface area contributed by atoms with Crippen molar-refractivity contribution in [2.24, 2.45) is 0 Å². The molecule has 1 aromatic carbocycles. The van der Waals surface area contributed by atoms with Crippen LogP contribution in [0.15, 0.2) is 47.4 Å². The van der Waals surface area contributed by atoms with Gasteiger partial charge in [0.15, 0.2) is 0 Å². The summed E-state index contributed by atoms with van der Waals surface area (Å²) < 4.78 is 24.3. The summed E-state index contributed by atoms with van der Waals surface area (Å²) in [5.74, 6) is -1.96. The van der Waals surface area contributed by atoms with E-state index in [1.54, 1.807) is 36.4 Å². The zero-order valence-electron chi connectivity index (χ0n) is 8.81. The lowest BCUT2D eigenvalue weighted by molar-refractivity contribution is 0.252. The maximum Gasteiger partial charge on any atom is 0.288 e. The third kappa shape index (κ3) is 3.17. The smallest absolute Gasteiger partial charge is 0.288 e. The summed E-state index contributed by atoms with van der Waals surface area (Å²) in [6, 6.07) is 12.1. The summed E-state index contributed by atoms with van der Waals surface area (Å²) >= 11 is 0.527. The highest BCUT2D eigenvalue weighted by molar-refractivity contribution is 7.99. The van der Waals surface area contributed by atoms with Gasteiger partial charge in [0, 0.05) is 10.5 Å². The van der Waals surface area contributed by atoms with Crippen LogP contribution in [0, 0.1) is 0 Å². The van der Waals surface area contributed by atoms with Crippen molar-refractivity contribution in [1.82, 2.24) is 4.98 Å². The molecular weight excluding hydrogens is 242 g/mol. The van der Waals surface area contributed by atoms with E-state index in [0.717, 1.165) is 11.3 Å². The van der Waals surface area contributed by atoms with Crippen molar-refractivity contribution in [3.8, 4) is 11.3 Å². The fourth-order valence-corrected chi connectivity index (χ4v) is 1.92. The molecule has 0 radical (unpaired) electrons.